The van der Waals surface area contributed by atoms with Crippen molar-refractivity contribution in [1.29, 1.82) is 0 Å². The highest BCUT2D eigenvalue weighted by atomic mass is 16.3. The molecule has 0 bridgehead atoms. The van der Waals surface area contributed by atoms with Crippen molar-refractivity contribution in [3.05, 3.63) is 30.1 Å². The standard InChI is InChI=1S/C14H21N3O2/c18-10-12-5-1-2-6-13(12)17-14(19)16-9-11-4-3-7-15-8-11/h3-4,7-8,12-13,18H,1-2,5-6,9-10H2,(H2,16,17,19). The van der Waals surface area contributed by atoms with E-state index in [9.17, 15) is 9.90 Å². The van der Waals surface area contributed by atoms with E-state index in [1.807, 2.05) is 12.1 Å². The number of aromatic nitrogens is 1. The van der Waals surface area contributed by atoms with Crippen molar-refractivity contribution in [3.63, 3.8) is 0 Å². The Morgan fingerprint density at radius 1 is 1.42 bits per heavy atom. The fraction of sp³-hybridized carbons (Fsp3) is 0.571. The summed E-state index contributed by atoms with van der Waals surface area (Å²) in [7, 11) is 0. The number of nitrogens with one attached hydrogen (secondary N) is 2. The normalized spacial score (nSPS) is 22.8. The van der Waals surface area contributed by atoms with Gasteiger partial charge < -0.3 is 15.7 Å². The van der Waals surface area contributed by atoms with Gasteiger partial charge in [0.1, 0.15) is 0 Å². The number of nitrogens with zero attached hydrogens (tertiary/aromatic N) is 1. The van der Waals surface area contributed by atoms with Crippen LogP contribution in [0.25, 0.3) is 0 Å². The molecule has 1 fully saturated rings. The van der Waals surface area contributed by atoms with Crippen molar-refractivity contribution < 1.29 is 9.90 Å². The van der Waals surface area contributed by atoms with E-state index >= 15 is 0 Å². The van der Waals surface area contributed by atoms with Crippen molar-refractivity contribution in [2.24, 2.45) is 5.92 Å². The Balaban J connectivity index is 1.77. The van der Waals surface area contributed by atoms with Crippen molar-refractivity contribution >= 4 is 6.03 Å². The maximum atomic E-state index is 11.8. The quantitative estimate of drug-likeness (QED) is 0.769. The molecule has 0 aromatic carbocycles. The summed E-state index contributed by atoms with van der Waals surface area (Å²) in [6, 6.07) is 3.68. The number of amides is 2. The summed E-state index contributed by atoms with van der Waals surface area (Å²) in [6.07, 6.45) is 7.63. The second kappa shape index (κ2) is 7.09. The Bertz CT molecular complexity index is 397. The van der Waals surface area contributed by atoms with Gasteiger partial charge in [0.05, 0.1) is 0 Å². The van der Waals surface area contributed by atoms with Gasteiger partial charge in [0.2, 0.25) is 0 Å². The van der Waals surface area contributed by atoms with Gasteiger partial charge in [-0.3, -0.25) is 4.98 Å². The van der Waals surface area contributed by atoms with E-state index in [-0.39, 0.29) is 24.6 Å². The predicted molar refractivity (Wildman–Crippen MR) is 72.4 cm³/mol. The molecule has 1 saturated carbocycles. The second-order valence-electron chi connectivity index (χ2n) is 5.02. The molecule has 2 atom stereocenters. The van der Waals surface area contributed by atoms with Crippen LogP contribution in [0.1, 0.15) is 31.2 Å². The van der Waals surface area contributed by atoms with Gasteiger partial charge in [-0.2, -0.15) is 0 Å². The number of hydrogen-bond acceptors (Lipinski definition) is 3. The van der Waals surface area contributed by atoms with E-state index in [1.165, 1.54) is 0 Å². The fourth-order valence-electron chi connectivity index (χ4n) is 2.52. The zero-order chi connectivity index (χ0) is 13.5. The molecule has 0 saturated heterocycles. The summed E-state index contributed by atoms with van der Waals surface area (Å²) >= 11 is 0. The van der Waals surface area contributed by atoms with Gasteiger partial charge in [0.25, 0.3) is 0 Å². The molecule has 1 heterocycles. The van der Waals surface area contributed by atoms with Crippen LogP contribution in [-0.4, -0.2) is 28.8 Å². The van der Waals surface area contributed by atoms with E-state index < -0.39 is 0 Å². The van der Waals surface area contributed by atoms with E-state index in [4.69, 9.17) is 0 Å². The first-order valence-corrected chi connectivity index (χ1v) is 6.83. The number of pyridine rings is 1. The zero-order valence-corrected chi connectivity index (χ0v) is 11.0. The maximum absolute atomic E-state index is 11.8. The smallest absolute Gasteiger partial charge is 0.315 e. The number of carbonyl (C=O) groups is 1. The van der Waals surface area contributed by atoms with Crippen LogP contribution in [0, 0.1) is 5.92 Å². The van der Waals surface area contributed by atoms with E-state index in [1.54, 1.807) is 12.4 Å². The number of aliphatic hydroxyl groups excluding tert-OH is 1. The Hall–Kier alpha value is -1.62. The number of hydrogen-bond donors (Lipinski definition) is 3. The fourth-order valence-corrected chi connectivity index (χ4v) is 2.52. The summed E-state index contributed by atoms with van der Waals surface area (Å²) in [5.41, 5.74) is 0.972. The van der Waals surface area contributed by atoms with Crippen molar-refractivity contribution in [2.45, 2.75) is 38.3 Å². The third-order valence-corrected chi connectivity index (χ3v) is 3.64. The lowest BCUT2D eigenvalue weighted by atomic mass is 9.85. The molecule has 1 aromatic rings. The maximum Gasteiger partial charge on any atom is 0.315 e. The molecule has 2 rings (SSSR count). The van der Waals surface area contributed by atoms with E-state index in [2.05, 4.69) is 15.6 Å². The average Bonchev–Trinajstić information content (AvgIpc) is 2.47. The second-order valence-corrected chi connectivity index (χ2v) is 5.02. The predicted octanol–water partition coefficient (Wildman–Crippen LogP) is 1.43. The van der Waals surface area contributed by atoms with Crippen LogP contribution in [-0.2, 0) is 6.54 Å². The van der Waals surface area contributed by atoms with Gasteiger partial charge in [0.15, 0.2) is 0 Å². The van der Waals surface area contributed by atoms with Crippen LogP contribution in [0.3, 0.4) is 0 Å². The molecule has 1 aliphatic rings. The van der Waals surface area contributed by atoms with Crippen LogP contribution >= 0.6 is 0 Å². The summed E-state index contributed by atoms with van der Waals surface area (Å²) in [5, 5.41) is 15.1. The lowest BCUT2D eigenvalue weighted by Gasteiger charge is -2.30. The lowest BCUT2D eigenvalue weighted by Crippen LogP contribution is -2.47. The average molecular weight is 263 g/mol. The van der Waals surface area contributed by atoms with Gasteiger partial charge in [-0.25, -0.2) is 4.79 Å². The van der Waals surface area contributed by atoms with Gasteiger partial charge in [-0.05, 0) is 24.5 Å². The SMILES string of the molecule is O=C(NCc1cccnc1)NC1CCCCC1CO. The minimum atomic E-state index is -0.172. The van der Waals surface area contributed by atoms with Gasteiger partial charge in [-0.15, -0.1) is 0 Å². The number of rotatable bonds is 4. The third kappa shape index (κ3) is 4.21. The molecule has 1 aliphatic carbocycles. The number of aliphatic hydroxyl groups is 1. The van der Waals surface area contributed by atoms with E-state index in [0.717, 1.165) is 31.2 Å². The molecule has 1 aromatic heterocycles. The number of urea groups is 1. The first kappa shape index (κ1) is 13.8. The van der Waals surface area contributed by atoms with Gasteiger partial charge in [-0.1, -0.05) is 18.9 Å². The Morgan fingerprint density at radius 3 is 3.00 bits per heavy atom. The highest BCUT2D eigenvalue weighted by Crippen LogP contribution is 2.23. The highest BCUT2D eigenvalue weighted by molar-refractivity contribution is 5.74. The summed E-state index contributed by atoms with van der Waals surface area (Å²) in [6.45, 7) is 0.615. The third-order valence-electron chi connectivity index (χ3n) is 3.64. The molecule has 0 radical (unpaired) electrons. The monoisotopic (exact) mass is 263 g/mol. The highest BCUT2D eigenvalue weighted by Gasteiger charge is 2.25. The van der Waals surface area contributed by atoms with Crippen LogP contribution in [0.4, 0.5) is 4.79 Å². The van der Waals surface area contributed by atoms with Crippen LogP contribution in [0.15, 0.2) is 24.5 Å². The molecular weight excluding hydrogens is 242 g/mol. The van der Waals surface area contributed by atoms with E-state index in [0.29, 0.717) is 6.54 Å². The Labute approximate surface area is 113 Å². The topological polar surface area (TPSA) is 74.2 Å². The minimum Gasteiger partial charge on any atom is -0.396 e. The summed E-state index contributed by atoms with van der Waals surface area (Å²) in [5.74, 6) is 0.192. The van der Waals surface area contributed by atoms with Crippen molar-refractivity contribution in [3.8, 4) is 0 Å². The van der Waals surface area contributed by atoms with Crippen LogP contribution < -0.4 is 10.6 Å². The molecule has 3 N–H and O–H groups in total. The Morgan fingerprint density at radius 2 is 2.26 bits per heavy atom. The van der Waals surface area contributed by atoms with Gasteiger partial charge >= 0.3 is 6.03 Å². The molecular formula is C14H21N3O2. The largest absolute Gasteiger partial charge is 0.396 e. The zero-order valence-electron chi connectivity index (χ0n) is 11.0. The molecule has 5 heteroatoms. The molecule has 0 aliphatic heterocycles. The Kier molecular flexibility index (Phi) is 5.15. The minimum absolute atomic E-state index is 0.0904. The molecule has 0 spiro atoms. The van der Waals surface area contributed by atoms with Gasteiger partial charge in [0, 0.05) is 37.5 Å². The first-order chi connectivity index (χ1) is 9.29. The molecule has 2 amide bonds. The van der Waals surface area contributed by atoms with Crippen molar-refractivity contribution in [1.82, 2.24) is 15.6 Å². The first-order valence-electron chi connectivity index (χ1n) is 6.83. The number of carbonyl (C=O) groups excluding carboxylic acids is 1. The lowest BCUT2D eigenvalue weighted by molar-refractivity contribution is 0.153. The van der Waals surface area contributed by atoms with Crippen molar-refractivity contribution in [2.75, 3.05) is 6.61 Å². The summed E-state index contributed by atoms with van der Waals surface area (Å²) < 4.78 is 0. The molecule has 5 nitrogen and oxygen atoms in total. The van der Waals surface area contributed by atoms with Crippen LogP contribution in [0.5, 0.6) is 0 Å². The molecule has 2 unspecified atom stereocenters. The molecule has 104 valence electrons. The molecule has 19 heavy (non-hydrogen) atoms. The summed E-state index contributed by atoms with van der Waals surface area (Å²) in [4.78, 5) is 15.8. The van der Waals surface area contributed by atoms with Crippen LogP contribution in [0.2, 0.25) is 0 Å².